The van der Waals surface area contributed by atoms with Crippen LogP contribution in [-0.2, 0) is 11.2 Å². The topological polar surface area (TPSA) is 73.1 Å². The zero-order valence-electron chi connectivity index (χ0n) is 9.53. The molecule has 0 saturated heterocycles. The first-order chi connectivity index (χ1) is 8.83. The molecule has 0 fully saturated rings. The summed E-state index contributed by atoms with van der Waals surface area (Å²) in [7, 11) is 0. The molecule has 0 atom stereocenters. The number of amides is 1. The number of hydrogen-bond donors (Lipinski definition) is 2. The van der Waals surface area contributed by atoms with Crippen molar-refractivity contribution in [3.8, 4) is 6.07 Å². The van der Waals surface area contributed by atoms with Gasteiger partial charge in [0, 0.05) is 6.42 Å². The van der Waals surface area contributed by atoms with Gasteiger partial charge in [-0.15, -0.1) is 0 Å². The molecule has 1 aromatic rings. The second kappa shape index (κ2) is 5.91. The van der Waals surface area contributed by atoms with E-state index in [2.05, 4.69) is 0 Å². The van der Waals surface area contributed by atoms with Crippen molar-refractivity contribution in [2.45, 2.75) is 12.7 Å². The van der Waals surface area contributed by atoms with Crippen LogP contribution in [-0.4, -0.2) is 17.3 Å². The van der Waals surface area contributed by atoms with E-state index in [-0.39, 0.29) is 6.42 Å². The normalized spacial score (nSPS) is 12.3. The predicted octanol–water partition coefficient (Wildman–Crippen LogP) is 2.20. The van der Waals surface area contributed by atoms with Crippen LogP contribution in [0.3, 0.4) is 0 Å². The Balaban J connectivity index is 2.91. The first-order valence-electron chi connectivity index (χ1n) is 5.09. The quantitative estimate of drug-likeness (QED) is 0.383. The maximum absolute atomic E-state index is 11.9. The molecule has 4 nitrogen and oxygen atoms in total. The number of rotatable bonds is 3. The average molecular weight is 270 g/mol. The molecule has 2 N–H and O–H groups in total. The van der Waals surface area contributed by atoms with Crippen molar-refractivity contribution < 1.29 is 23.1 Å². The minimum Gasteiger partial charge on any atom is -0.510 e. The number of benzene rings is 1. The van der Waals surface area contributed by atoms with Gasteiger partial charge in [-0.3, -0.25) is 10.1 Å². The van der Waals surface area contributed by atoms with Gasteiger partial charge in [0.2, 0.25) is 0 Å². The van der Waals surface area contributed by atoms with Gasteiger partial charge in [-0.1, -0.05) is 30.3 Å². The summed E-state index contributed by atoms with van der Waals surface area (Å²) < 4.78 is 35.8. The summed E-state index contributed by atoms with van der Waals surface area (Å²) in [5.41, 5.74) is -0.395. The van der Waals surface area contributed by atoms with Gasteiger partial charge in [0.15, 0.2) is 5.57 Å². The molecule has 100 valence electrons. The summed E-state index contributed by atoms with van der Waals surface area (Å²) in [6, 6.07) is 9.50. The van der Waals surface area contributed by atoms with E-state index in [4.69, 9.17) is 5.26 Å². The van der Waals surface area contributed by atoms with Crippen LogP contribution in [0.2, 0.25) is 0 Å². The number of hydrogen-bond acceptors (Lipinski definition) is 3. The molecule has 0 aliphatic heterocycles. The smallest absolute Gasteiger partial charge is 0.484 e. The second-order valence-corrected chi connectivity index (χ2v) is 3.55. The fourth-order valence-electron chi connectivity index (χ4n) is 1.32. The highest BCUT2D eigenvalue weighted by Crippen LogP contribution is 2.14. The van der Waals surface area contributed by atoms with Crippen molar-refractivity contribution in [2.75, 3.05) is 0 Å². The van der Waals surface area contributed by atoms with Crippen LogP contribution >= 0.6 is 0 Å². The van der Waals surface area contributed by atoms with E-state index in [9.17, 15) is 23.1 Å². The molecule has 0 heterocycles. The van der Waals surface area contributed by atoms with Crippen molar-refractivity contribution in [2.24, 2.45) is 0 Å². The molecule has 1 amide bonds. The predicted molar refractivity (Wildman–Crippen MR) is 59.6 cm³/mol. The molecule has 0 radical (unpaired) electrons. The zero-order valence-corrected chi connectivity index (χ0v) is 9.53. The highest BCUT2D eigenvalue weighted by molar-refractivity contribution is 5.97. The van der Waals surface area contributed by atoms with Crippen LogP contribution in [0.25, 0.3) is 0 Å². The minimum atomic E-state index is -4.95. The zero-order chi connectivity index (χ0) is 14.5. The van der Waals surface area contributed by atoms with Crippen molar-refractivity contribution in [1.82, 2.24) is 5.32 Å². The number of nitriles is 1. The largest absolute Gasteiger partial charge is 0.510 e. The van der Waals surface area contributed by atoms with Crippen LogP contribution in [0, 0.1) is 11.3 Å². The van der Waals surface area contributed by atoms with Crippen LogP contribution < -0.4 is 5.32 Å². The van der Waals surface area contributed by atoms with E-state index in [0.29, 0.717) is 10.9 Å². The molecule has 0 aliphatic rings. The van der Waals surface area contributed by atoms with E-state index in [1.54, 1.807) is 30.3 Å². The fraction of sp³-hybridized carbons (Fsp3) is 0.167. The first-order valence-corrected chi connectivity index (χ1v) is 5.09. The maximum atomic E-state index is 11.9. The van der Waals surface area contributed by atoms with Gasteiger partial charge in [0.25, 0.3) is 5.91 Å². The molecule has 1 rings (SSSR count). The first kappa shape index (κ1) is 14.6. The van der Waals surface area contributed by atoms with Gasteiger partial charge in [-0.25, -0.2) is 0 Å². The molecule has 1 aromatic carbocycles. The van der Waals surface area contributed by atoms with Gasteiger partial charge in [0.05, 0.1) is 0 Å². The highest BCUT2D eigenvalue weighted by Gasteiger charge is 2.32. The molecular weight excluding hydrogens is 261 g/mol. The summed E-state index contributed by atoms with van der Waals surface area (Å²) in [4.78, 5) is 11.2. The molecule has 0 unspecified atom stereocenters. The van der Waals surface area contributed by atoms with Crippen LogP contribution in [0.15, 0.2) is 41.7 Å². The number of nitrogens with zero attached hydrogens (tertiary/aromatic N) is 1. The van der Waals surface area contributed by atoms with Crippen molar-refractivity contribution in [3.63, 3.8) is 0 Å². The van der Waals surface area contributed by atoms with Crippen molar-refractivity contribution in [3.05, 3.63) is 47.2 Å². The third-order valence-corrected chi connectivity index (χ3v) is 2.10. The average Bonchev–Trinajstić information content (AvgIpc) is 2.28. The summed E-state index contributed by atoms with van der Waals surface area (Å²) >= 11 is 0. The number of allylic oxidation sites excluding steroid dienone is 1. The summed E-state index contributed by atoms with van der Waals surface area (Å²) in [6.45, 7) is 0. The summed E-state index contributed by atoms with van der Waals surface area (Å²) in [5, 5.41) is 18.9. The van der Waals surface area contributed by atoms with Gasteiger partial charge in [-0.2, -0.15) is 18.4 Å². The Kier molecular flexibility index (Phi) is 4.53. The lowest BCUT2D eigenvalue weighted by molar-refractivity contribution is -0.167. The Hall–Kier alpha value is -2.49. The Bertz CT molecular complexity index is 530. The van der Waals surface area contributed by atoms with Gasteiger partial charge in [-0.05, 0) is 5.56 Å². The van der Waals surface area contributed by atoms with Gasteiger partial charge < -0.3 is 5.11 Å². The number of alkyl halides is 3. The highest BCUT2D eigenvalue weighted by atomic mass is 19.4. The van der Waals surface area contributed by atoms with Crippen LogP contribution in [0.5, 0.6) is 0 Å². The summed E-state index contributed by atoms with van der Waals surface area (Å²) in [6.07, 6.45) is -5.15. The third-order valence-electron chi connectivity index (χ3n) is 2.10. The van der Waals surface area contributed by atoms with E-state index in [1.807, 2.05) is 0 Å². The lowest BCUT2D eigenvalue weighted by atomic mass is 10.1. The van der Waals surface area contributed by atoms with Crippen molar-refractivity contribution in [1.29, 1.82) is 5.26 Å². The molecule has 0 aromatic heterocycles. The fourth-order valence-corrected chi connectivity index (χ4v) is 1.32. The molecule has 0 spiro atoms. The lowest BCUT2D eigenvalue weighted by Gasteiger charge is -2.09. The molecule has 19 heavy (non-hydrogen) atoms. The molecule has 0 bridgehead atoms. The number of carbonyl (C=O) groups is 1. The van der Waals surface area contributed by atoms with E-state index in [1.165, 1.54) is 6.07 Å². The van der Waals surface area contributed by atoms with Crippen LogP contribution in [0.1, 0.15) is 5.56 Å². The van der Waals surface area contributed by atoms with E-state index in [0.717, 1.165) is 0 Å². The van der Waals surface area contributed by atoms with E-state index >= 15 is 0 Å². The molecule has 0 saturated carbocycles. The Labute approximate surface area is 106 Å². The number of aliphatic hydroxyl groups excluding tert-OH is 1. The van der Waals surface area contributed by atoms with Gasteiger partial charge in [0.1, 0.15) is 11.8 Å². The Morgan fingerprint density at radius 2 is 1.89 bits per heavy atom. The summed E-state index contributed by atoms with van der Waals surface area (Å²) in [5.74, 6) is -2.39. The number of halogens is 3. The van der Waals surface area contributed by atoms with Crippen LogP contribution in [0.4, 0.5) is 13.2 Å². The SMILES string of the molecule is N#CC(C(=O)NC(F)(F)F)=C(O)Cc1ccccc1. The second-order valence-electron chi connectivity index (χ2n) is 3.55. The Morgan fingerprint density at radius 1 is 1.32 bits per heavy atom. The minimum absolute atomic E-state index is 0.199. The lowest BCUT2D eigenvalue weighted by Crippen LogP contribution is -2.38. The standard InChI is InChI=1S/C12H9F3N2O2/c13-12(14,15)17-11(19)9(7-16)10(18)6-8-4-2-1-3-5-8/h1-5,18H,6H2,(H,17,19). The molecule has 7 heteroatoms. The van der Waals surface area contributed by atoms with E-state index < -0.39 is 23.5 Å². The molecular formula is C12H9F3N2O2. The maximum Gasteiger partial charge on any atom is 0.484 e. The van der Waals surface area contributed by atoms with Crippen molar-refractivity contribution >= 4 is 5.91 Å². The van der Waals surface area contributed by atoms with Gasteiger partial charge >= 0.3 is 6.30 Å². The molecule has 0 aliphatic carbocycles. The number of aliphatic hydroxyl groups is 1. The third kappa shape index (κ3) is 4.71. The number of nitrogens with one attached hydrogen (secondary N) is 1. The number of carbonyl (C=O) groups excluding carboxylic acids is 1. The monoisotopic (exact) mass is 270 g/mol. The Morgan fingerprint density at radius 3 is 2.37 bits per heavy atom.